The van der Waals surface area contributed by atoms with Crippen molar-refractivity contribution in [3.63, 3.8) is 0 Å². The lowest BCUT2D eigenvalue weighted by Crippen LogP contribution is -2.35. The SMILES string of the molecule is COC(=O)[C@@H]1CCNC(c2ccccc2)C1. The quantitative estimate of drug-likeness (QED) is 0.772. The molecule has 1 heterocycles. The Bertz CT molecular complexity index is 350. The van der Waals surface area contributed by atoms with E-state index in [2.05, 4.69) is 17.4 Å². The van der Waals surface area contributed by atoms with Crippen LogP contribution in [0.3, 0.4) is 0 Å². The van der Waals surface area contributed by atoms with Gasteiger partial charge in [-0.3, -0.25) is 4.79 Å². The van der Waals surface area contributed by atoms with Gasteiger partial charge in [0.05, 0.1) is 13.0 Å². The molecule has 3 heteroatoms. The molecule has 0 aromatic heterocycles. The summed E-state index contributed by atoms with van der Waals surface area (Å²) in [6.07, 6.45) is 1.70. The Morgan fingerprint density at radius 2 is 2.12 bits per heavy atom. The summed E-state index contributed by atoms with van der Waals surface area (Å²) in [5.74, 6) is -0.0427. The van der Waals surface area contributed by atoms with Crippen LogP contribution in [0.15, 0.2) is 30.3 Å². The summed E-state index contributed by atoms with van der Waals surface area (Å²) in [5, 5.41) is 3.44. The molecule has 86 valence electrons. The summed E-state index contributed by atoms with van der Waals surface area (Å²) >= 11 is 0. The summed E-state index contributed by atoms with van der Waals surface area (Å²) in [6, 6.07) is 10.5. The van der Waals surface area contributed by atoms with Crippen molar-refractivity contribution in [3.8, 4) is 0 Å². The van der Waals surface area contributed by atoms with Gasteiger partial charge in [-0.15, -0.1) is 0 Å². The van der Waals surface area contributed by atoms with Crippen LogP contribution in [0.5, 0.6) is 0 Å². The number of carbonyl (C=O) groups is 1. The average molecular weight is 219 g/mol. The molecule has 0 saturated carbocycles. The first kappa shape index (κ1) is 11.1. The molecule has 1 unspecified atom stereocenters. The third-order valence-corrected chi connectivity index (χ3v) is 3.14. The highest BCUT2D eigenvalue weighted by atomic mass is 16.5. The van der Waals surface area contributed by atoms with Crippen LogP contribution in [0, 0.1) is 5.92 Å². The Kier molecular flexibility index (Phi) is 3.57. The van der Waals surface area contributed by atoms with E-state index in [4.69, 9.17) is 4.74 Å². The van der Waals surface area contributed by atoms with Crippen LogP contribution in [-0.4, -0.2) is 19.6 Å². The van der Waals surface area contributed by atoms with Gasteiger partial charge in [-0.25, -0.2) is 0 Å². The summed E-state index contributed by atoms with van der Waals surface area (Å²) in [5.41, 5.74) is 1.25. The Morgan fingerprint density at radius 1 is 1.38 bits per heavy atom. The molecule has 2 atom stereocenters. The van der Waals surface area contributed by atoms with Crippen LogP contribution in [0.4, 0.5) is 0 Å². The molecule has 1 aliphatic rings. The number of hydrogen-bond acceptors (Lipinski definition) is 3. The van der Waals surface area contributed by atoms with Gasteiger partial charge in [0, 0.05) is 6.04 Å². The van der Waals surface area contributed by atoms with Gasteiger partial charge in [-0.05, 0) is 24.9 Å². The van der Waals surface area contributed by atoms with Gasteiger partial charge < -0.3 is 10.1 Å². The molecule has 1 saturated heterocycles. The van der Waals surface area contributed by atoms with Gasteiger partial charge >= 0.3 is 5.97 Å². The maximum Gasteiger partial charge on any atom is 0.308 e. The number of benzene rings is 1. The van der Waals surface area contributed by atoms with Crippen molar-refractivity contribution in [2.75, 3.05) is 13.7 Å². The first-order chi connectivity index (χ1) is 7.81. The van der Waals surface area contributed by atoms with Crippen molar-refractivity contribution in [2.45, 2.75) is 18.9 Å². The third-order valence-electron chi connectivity index (χ3n) is 3.14. The van der Waals surface area contributed by atoms with Crippen LogP contribution >= 0.6 is 0 Å². The van der Waals surface area contributed by atoms with E-state index in [9.17, 15) is 4.79 Å². The number of hydrogen-bond donors (Lipinski definition) is 1. The van der Waals surface area contributed by atoms with Crippen LogP contribution in [0.25, 0.3) is 0 Å². The lowest BCUT2D eigenvalue weighted by molar-refractivity contribution is -0.146. The van der Waals surface area contributed by atoms with Gasteiger partial charge in [-0.2, -0.15) is 0 Å². The van der Waals surface area contributed by atoms with E-state index in [1.807, 2.05) is 18.2 Å². The van der Waals surface area contributed by atoms with Crippen molar-refractivity contribution in [1.82, 2.24) is 5.32 Å². The highest BCUT2D eigenvalue weighted by molar-refractivity contribution is 5.72. The molecule has 1 aliphatic heterocycles. The fraction of sp³-hybridized carbons (Fsp3) is 0.462. The van der Waals surface area contributed by atoms with Crippen molar-refractivity contribution < 1.29 is 9.53 Å². The molecule has 0 bridgehead atoms. The van der Waals surface area contributed by atoms with E-state index in [-0.39, 0.29) is 17.9 Å². The smallest absolute Gasteiger partial charge is 0.308 e. The second-order valence-electron chi connectivity index (χ2n) is 4.16. The Balaban J connectivity index is 2.05. The van der Waals surface area contributed by atoms with Crippen LogP contribution < -0.4 is 5.32 Å². The van der Waals surface area contributed by atoms with E-state index in [0.717, 1.165) is 19.4 Å². The van der Waals surface area contributed by atoms with Crippen molar-refractivity contribution in [2.24, 2.45) is 5.92 Å². The fourth-order valence-electron chi connectivity index (χ4n) is 2.24. The standard InChI is InChI=1S/C13H17NO2/c1-16-13(15)11-7-8-14-12(9-11)10-5-3-2-4-6-10/h2-6,11-12,14H,7-9H2,1H3/t11-,12?/m1/s1. The van der Waals surface area contributed by atoms with Gasteiger partial charge in [0.15, 0.2) is 0 Å². The Labute approximate surface area is 95.8 Å². The molecule has 0 radical (unpaired) electrons. The number of ether oxygens (including phenoxy) is 1. The number of nitrogens with one attached hydrogen (secondary N) is 1. The number of rotatable bonds is 2. The van der Waals surface area contributed by atoms with Crippen LogP contribution in [0.1, 0.15) is 24.4 Å². The first-order valence-electron chi connectivity index (χ1n) is 5.67. The molecule has 0 spiro atoms. The minimum absolute atomic E-state index is 0.0384. The van der Waals surface area contributed by atoms with E-state index >= 15 is 0 Å². The maximum absolute atomic E-state index is 11.5. The molecule has 0 amide bonds. The number of carbonyl (C=O) groups excluding carboxylic acids is 1. The minimum atomic E-state index is -0.0811. The summed E-state index contributed by atoms with van der Waals surface area (Å²) in [4.78, 5) is 11.5. The van der Waals surface area contributed by atoms with E-state index in [0.29, 0.717) is 0 Å². The molecule has 1 aromatic rings. The molecular weight excluding hydrogens is 202 g/mol. The van der Waals surface area contributed by atoms with E-state index in [1.165, 1.54) is 12.7 Å². The second-order valence-corrected chi connectivity index (χ2v) is 4.16. The molecule has 1 N–H and O–H groups in total. The number of piperidine rings is 1. The molecule has 16 heavy (non-hydrogen) atoms. The highest BCUT2D eigenvalue weighted by Gasteiger charge is 2.28. The van der Waals surface area contributed by atoms with Crippen molar-refractivity contribution in [3.05, 3.63) is 35.9 Å². The molecule has 1 fully saturated rings. The Morgan fingerprint density at radius 3 is 2.81 bits per heavy atom. The van der Waals surface area contributed by atoms with Gasteiger partial charge in [0.1, 0.15) is 0 Å². The normalized spacial score (nSPS) is 25.1. The summed E-state index contributed by atoms with van der Waals surface area (Å²) in [6.45, 7) is 0.874. The number of methoxy groups -OCH3 is 1. The molecular formula is C13H17NO2. The van der Waals surface area contributed by atoms with Gasteiger partial charge in [0.2, 0.25) is 0 Å². The van der Waals surface area contributed by atoms with Crippen molar-refractivity contribution in [1.29, 1.82) is 0 Å². The monoisotopic (exact) mass is 219 g/mol. The predicted molar refractivity (Wildman–Crippen MR) is 61.9 cm³/mol. The van der Waals surface area contributed by atoms with Gasteiger partial charge in [0.25, 0.3) is 0 Å². The molecule has 0 aliphatic carbocycles. The third kappa shape index (κ3) is 2.42. The van der Waals surface area contributed by atoms with Gasteiger partial charge in [-0.1, -0.05) is 30.3 Å². The minimum Gasteiger partial charge on any atom is -0.469 e. The van der Waals surface area contributed by atoms with Crippen LogP contribution in [0.2, 0.25) is 0 Å². The zero-order valence-electron chi connectivity index (χ0n) is 9.48. The Hall–Kier alpha value is -1.35. The zero-order valence-corrected chi connectivity index (χ0v) is 9.48. The van der Waals surface area contributed by atoms with Crippen molar-refractivity contribution >= 4 is 5.97 Å². The molecule has 1 aromatic carbocycles. The second kappa shape index (κ2) is 5.12. The summed E-state index contributed by atoms with van der Waals surface area (Å²) < 4.78 is 4.81. The first-order valence-corrected chi connectivity index (χ1v) is 5.67. The summed E-state index contributed by atoms with van der Waals surface area (Å²) in [7, 11) is 1.46. The van der Waals surface area contributed by atoms with Crippen LogP contribution in [-0.2, 0) is 9.53 Å². The van der Waals surface area contributed by atoms with E-state index in [1.54, 1.807) is 0 Å². The molecule has 3 nitrogen and oxygen atoms in total. The maximum atomic E-state index is 11.5. The fourth-order valence-corrected chi connectivity index (χ4v) is 2.24. The highest BCUT2D eigenvalue weighted by Crippen LogP contribution is 2.27. The lowest BCUT2D eigenvalue weighted by atomic mass is 9.89. The number of esters is 1. The average Bonchev–Trinajstić information content (AvgIpc) is 2.39. The topological polar surface area (TPSA) is 38.3 Å². The lowest BCUT2D eigenvalue weighted by Gasteiger charge is -2.29. The predicted octanol–water partition coefficient (Wildman–Crippen LogP) is 1.90. The largest absolute Gasteiger partial charge is 0.469 e. The zero-order chi connectivity index (χ0) is 11.4. The molecule has 2 rings (SSSR count). The van der Waals surface area contributed by atoms with E-state index < -0.39 is 0 Å².